The molecule has 1 aliphatic heterocycles. The van der Waals surface area contributed by atoms with Gasteiger partial charge in [0, 0.05) is 24.0 Å². The standard InChI is InChI=1S/C12H17N3S/c1-15-6-2-3-10(9-15)14-8-12-5-4-11(7-13)16-12/h4-5,10,14H,2-3,6,8-9H2,1H3. The Labute approximate surface area is 101 Å². The normalized spacial score (nSPS) is 21.9. The number of piperidine rings is 1. The summed E-state index contributed by atoms with van der Waals surface area (Å²) in [4.78, 5) is 4.43. The zero-order valence-corrected chi connectivity index (χ0v) is 10.4. The van der Waals surface area contributed by atoms with E-state index in [-0.39, 0.29) is 0 Å². The van der Waals surface area contributed by atoms with Gasteiger partial charge in [-0.3, -0.25) is 0 Å². The fourth-order valence-corrected chi connectivity index (χ4v) is 2.87. The Morgan fingerprint density at radius 1 is 1.62 bits per heavy atom. The van der Waals surface area contributed by atoms with Crippen LogP contribution in [0.5, 0.6) is 0 Å². The van der Waals surface area contributed by atoms with Gasteiger partial charge in [0.05, 0.1) is 0 Å². The number of likely N-dealkylation sites (tertiary alicyclic amines) is 1. The maximum atomic E-state index is 8.74. The van der Waals surface area contributed by atoms with E-state index in [1.807, 2.05) is 12.1 Å². The van der Waals surface area contributed by atoms with Crippen LogP contribution in [0.3, 0.4) is 0 Å². The SMILES string of the molecule is CN1CCCC(NCc2ccc(C#N)s2)C1. The van der Waals surface area contributed by atoms with E-state index in [2.05, 4.69) is 23.3 Å². The molecule has 0 amide bonds. The summed E-state index contributed by atoms with van der Waals surface area (Å²) in [6.45, 7) is 3.25. The van der Waals surface area contributed by atoms with Crippen molar-refractivity contribution in [3.8, 4) is 6.07 Å². The molecular weight excluding hydrogens is 218 g/mol. The Kier molecular flexibility index (Phi) is 3.94. The van der Waals surface area contributed by atoms with E-state index in [4.69, 9.17) is 5.26 Å². The monoisotopic (exact) mass is 235 g/mol. The van der Waals surface area contributed by atoms with Crippen LogP contribution in [0.2, 0.25) is 0 Å². The summed E-state index contributed by atoms with van der Waals surface area (Å²) < 4.78 is 0. The number of nitrogens with one attached hydrogen (secondary N) is 1. The fourth-order valence-electron chi connectivity index (χ4n) is 2.11. The van der Waals surface area contributed by atoms with Gasteiger partial charge in [-0.25, -0.2) is 0 Å². The summed E-state index contributed by atoms with van der Waals surface area (Å²) in [6.07, 6.45) is 2.54. The van der Waals surface area contributed by atoms with E-state index in [1.165, 1.54) is 24.3 Å². The van der Waals surface area contributed by atoms with Gasteiger partial charge < -0.3 is 10.2 Å². The first-order valence-corrected chi connectivity index (χ1v) is 6.50. The van der Waals surface area contributed by atoms with Crippen molar-refractivity contribution in [2.45, 2.75) is 25.4 Å². The summed E-state index contributed by atoms with van der Waals surface area (Å²) >= 11 is 1.59. The number of rotatable bonds is 3. The second kappa shape index (κ2) is 5.44. The molecule has 1 aromatic heterocycles. The molecule has 0 aliphatic carbocycles. The van der Waals surface area contributed by atoms with Crippen molar-refractivity contribution in [3.63, 3.8) is 0 Å². The summed E-state index contributed by atoms with van der Waals surface area (Å²) in [5.41, 5.74) is 0. The number of likely N-dealkylation sites (N-methyl/N-ethyl adjacent to an activating group) is 1. The molecule has 1 fully saturated rings. The summed E-state index contributed by atoms with van der Waals surface area (Å²) in [5.74, 6) is 0. The number of thiophene rings is 1. The van der Waals surface area contributed by atoms with Crippen molar-refractivity contribution in [2.75, 3.05) is 20.1 Å². The zero-order valence-electron chi connectivity index (χ0n) is 9.57. The van der Waals surface area contributed by atoms with Gasteiger partial charge in [-0.15, -0.1) is 11.3 Å². The molecule has 0 aromatic carbocycles. The lowest BCUT2D eigenvalue weighted by molar-refractivity contribution is 0.227. The van der Waals surface area contributed by atoms with E-state index in [9.17, 15) is 0 Å². The average molecular weight is 235 g/mol. The van der Waals surface area contributed by atoms with Crippen LogP contribution >= 0.6 is 11.3 Å². The average Bonchev–Trinajstić information content (AvgIpc) is 2.74. The largest absolute Gasteiger partial charge is 0.308 e. The third-order valence-electron chi connectivity index (χ3n) is 2.96. The molecule has 0 bridgehead atoms. The van der Waals surface area contributed by atoms with Crippen LogP contribution in [0.4, 0.5) is 0 Å². The van der Waals surface area contributed by atoms with Crippen LogP contribution in [0, 0.1) is 11.3 Å². The van der Waals surface area contributed by atoms with E-state index in [0.717, 1.165) is 18.0 Å². The highest BCUT2D eigenvalue weighted by atomic mass is 32.1. The minimum Gasteiger partial charge on any atom is -0.308 e. The van der Waals surface area contributed by atoms with E-state index in [0.29, 0.717) is 6.04 Å². The lowest BCUT2D eigenvalue weighted by atomic mass is 10.1. The van der Waals surface area contributed by atoms with Crippen LogP contribution in [0.1, 0.15) is 22.6 Å². The Morgan fingerprint density at radius 3 is 3.19 bits per heavy atom. The summed E-state index contributed by atoms with van der Waals surface area (Å²) in [7, 11) is 2.17. The molecule has 3 nitrogen and oxygen atoms in total. The molecule has 1 atom stereocenters. The number of hydrogen-bond acceptors (Lipinski definition) is 4. The highest BCUT2D eigenvalue weighted by Gasteiger charge is 2.16. The molecule has 0 radical (unpaired) electrons. The van der Waals surface area contributed by atoms with Crippen LogP contribution in [0.25, 0.3) is 0 Å². The van der Waals surface area contributed by atoms with E-state index >= 15 is 0 Å². The van der Waals surface area contributed by atoms with Gasteiger partial charge in [0.25, 0.3) is 0 Å². The topological polar surface area (TPSA) is 39.1 Å². The Morgan fingerprint density at radius 2 is 2.50 bits per heavy atom. The molecule has 1 unspecified atom stereocenters. The van der Waals surface area contributed by atoms with Crippen LogP contribution < -0.4 is 5.32 Å². The zero-order chi connectivity index (χ0) is 11.4. The van der Waals surface area contributed by atoms with Crippen LogP contribution in [0.15, 0.2) is 12.1 Å². The third kappa shape index (κ3) is 3.05. The molecule has 1 aromatic rings. The van der Waals surface area contributed by atoms with Gasteiger partial charge in [0.2, 0.25) is 0 Å². The molecule has 4 heteroatoms. The predicted molar refractivity (Wildman–Crippen MR) is 66.4 cm³/mol. The highest BCUT2D eigenvalue weighted by molar-refractivity contribution is 7.12. The lowest BCUT2D eigenvalue weighted by Crippen LogP contribution is -2.43. The maximum Gasteiger partial charge on any atom is 0.110 e. The van der Waals surface area contributed by atoms with Gasteiger partial charge in [0.1, 0.15) is 10.9 Å². The van der Waals surface area contributed by atoms with Gasteiger partial charge in [-0.2, -0.15) is 5.26 Å². The minimum absolute atomic E-state index is 0.603. The van der Waals surface area contributed by atoms with E-state index in [1.54, 1.807) is 11.3 Å². The molecular formula is C12H17N3S. The maximum absolute atomic E-state index is 8.74. The third-order valence-corrected chi connectivity index (χ3v) is 3.95. The first kappa shape index (κ1) is 11.6. The Hall–Kier alpha value is -0.890. The lowest BCUT2D eigenvalue weighted by Gasteiger charge is -2.30. The van der Waals surface area contributed by atoms with E-state index < -0.39 is 0 Å². The summed E-state index contributed by atoms with van der Waals surface area (Å²) in [6, 6.07) is 6.72. The van der Waals surface area contributed by atoms with Crippen LogP contribution in [-0.4, -0.2) is 31.1 Å². The highest BCUT2D eigenvalue weighted by Crippen LogP contribution is 2.16. The number of nitriles is 1. The van der Waals surface area contributed by atoms with Gasteiger partial charge >= 0.3 is 0 Å². The van der Waals surface area contributed by atoms with Crippen molar-refractivity contribution in [1.29, 1.82) is 5.26 Å². The molecule has 1 N–H and O–H groups in total. The quantitative estimate of drug-likeness (QED) is 0.868. The second-order valence-electron chi connectivity index (χ2n) is 4.36. The molecule has 2 rings (SSSR count). The molecule has 86 valence electrons. The van der Waals surface area contributed by atoms with Crippen molar-refractivity contribution in [3.05, 3.63) is 21.9 Å². The molecule has 2 heterocycles. The number of hydrogen-bond donors (Lipinski definition) is 1. The smallest absolute Gasteiger partial charge is 0.110 e. The van der Waals surface area contributed by atoms with Crippen molar-refractivity contribution < 1.29 is 0 Å². The van der Waals surface area contributed by atoms with Gasteiger partial charge in [0.15, 0.2) is 0 Å². The predicted octanol–water partition coefficient (Wildman–Crippen LogP) is 1.80. The first-order chi connectivity index (χ1) is 7.78. The Balaban J connectivity index is 1.80. The van der Waals surface area contributed by atoms with Crippen molar-refractivity contribution >= 4 is 11.3 Å². The fraction of sp³-hybridized carbons (Fsp3) is 0.583. The summed E-state index contributed by atoms with van der Waals surface area (Å²) in [5, 5.41) is 12.3. The van der Waals surface area contributed by atoms with Crippen molar-refractivity contribution in [1.82, 2.24) is 10.2 Å². The van der Waals surface area contributed by atoms with Crippen molar-refractivity contribution in [2.24, 2.45) is 0 Å². The van der Waals surface area contributed by atoms with Crippen LogP contribution in [-0.2, 0) is 6.54 Å². The Bertz CT molecular complexity index is 380. The first-order valence-electron chi connectivity index (χ1n) is 5.68. The molecule has 16 heavy (non-hydrogen) atoms. The molecule has 0 saturated carbocycles. The molecule has 0 spiro atoms. The van der Waals surface area contributed by atoms with Gasteiger partial charge in [-0.05, 0) is 38.6 Å². The van der Waals surface area contributed by atoms with Gasteiger partial charge in [-0.1, -0.05) is 0 Å². The second-order valence-corrected chi connectivity index (χ2v) is 5.53. The molecule has 1 saturated heterocycles. The number of nitrogens with zero attached hydrogens (tertiary/aromatic N) is 2. The molecule has 1 aliphatic rings. The minimum atomic E-state index is 0.603.